The number of hydrogen-bond donors (Lipinski definition) is 2. The third kappa shape index (κ3) is 5.99. The first-order chi connectivity index (χ1) is 17.4. The SMILES string of the molecule is CSCCC1NC2(CCN(C(=O)O)CC2)N(Cc2ccc3ccccc3c2)C1=O.Fc1ccccc1. The van der Waals surface area contributed by atoms with Gasteiger partial charge in [-0.05, 0) is 53.0 Å². The fourth-order valence-electron chi connectivity index (χ4n) is 4.94. The van der Waals surface area contributed by atoms with Gasteiger partial charge in [0.2, 0.25) is 5.91 Å². The maximum atomic E-state index is 13.3. The molecule has 2 amide bonds. The standard InChI is InChI=1S/C22H27N3O3S.C6H5F/c1-29-13-8-19-20(26)25(22(23-19)9-11-24(12-10-22)21(27)28)15-16-6-7-17-4-2-3-5-18(17)14-16;7-6-4-2-1-3-5-6/h2-7,14,19,23H,8-13,15H2,1H3,(H,27,28);1-5H. The van der Waals surface area contributed by atoms with E-state index in [9.17, 15) is 19.1 Å². The highest BCUT2D eigenvalue weighted by Gasteiger charge is 2.51. The average molecular weight is 510 g/mol. The molecule has 0 saturated carbocycles. The maximum Gasteiger partial charge on any atom is 0.407 e. The number of carboxylic acid groups (broad SMARTS) is 1. The summed E-state index contributed by atoms with van der Waals surface area (Å²) in [6, 6.07) is 22.3. The number of nitrogens with one attached hydrogen (secondary N) is 1. The Morgan fingerprint density at radius 3 is 2.33 bits per heavy atom. The predicted octanol–water partition coefficient (Wildman–Crippen LogP) is 5.19. The minimum Gasteiger partial charge on any atom is -0.465 e. The number of thioether (sulfide) groups is 1. The molecule has 36 heavy (non-hydrogen) atoms. The summed E-state index contributed by atoms with van der Waals surface area (Å²) < 4.78 is 11.9. The van der Waals surface area contributed by atoms with Crippen molar-refractivity contribution in [3.63, 3.8) is 0 Å². The molecule has 1 atom stereocenters. The van der Waals surface area contributed by atoms with Crippen molar-refractivity contribution in [3.8, 4) is 0 Å². The van der Waals surface area contributed by atoms with Crippen molar-refractivity contribution in [2.75, 3.05) is 25.1 Å². The van der Waals surface area contributed by atoms with Crippen molar-refractivity contribution in [2.24, 2.45) is 0 Å². The van der Waals surface area contributed by atoms with Crippen LogP contribution in [0.3, 0.4) is 0 Å². The zero-order valence-corrected chi connectivity index (χ0v) is 21.2. The Labute approximate surface area is 215 Å². The van der Waals surface area contributed by atoms with Gasteiger partial charge in [0.1, 0.15) is 5.82 Å². The van der Waals surface area contributed by atoms with Gasteiger partial charge < -0.3 is 14.9 Å². The number of carbonyl (C=O) groups excluding carboxylic acids is 1. The highest BCUT2D eigenvalue weighted by atomic mass is 32.2. The van der Waals surface area contributed by atoms with E-state index < -0.39 is 11.8 Å². The van der Waals surface area contributed by atoms with Crippen LogP contribution in [-0.2, 0) is 11.3 Å². The number of fused-ring (bicyclic) bond motifs is 1. The van der Waals surface area contributed by atoms with Gasteiger partial charge in [-0.1, -0.05) is 54.6 Å². The van der Waals surface area contributed by atoms with Crippen molar-refractivity contribution < 1.29 is 19.1 Å². The van der Waals surface area contributed by atoms with Crippen LogP contribution < -0.4 is 5.32 Å². The normalized spacial score (nSPS) is 18.8. The largest absolute Gasteiger partial charge is 0.465 e. The number of nitrogens with zero attached hydrogens (tertiary/aromatic N) is 2. The van der Waals surface area contributed by atoms with Crippen LogP contribution >= 0.6 is 11.8 Å². The molecule has 1 spiro atoms. The fourth-order valence-corrected chi connectivity index (χ4v) is 5.41. The highest BCUT2D eigenvalue weighted by molar-refractivity contribution is 7.98. The van der Waals surface area contributed by atoms with Gasteiger partial charge in [-0.2, -0.15) is 11.8 Å². The van der Waals surface area contributed by atoms with Crippen molar-refractivity contribution in [2.45, 2.75) is 37.5 Å². The summed E-state index contributed by atoms with van der Waals surface area (Å²) in [5, 5.41) is 15.3. The number of rotatable bonds is 5. The second-order valence-electron chi connectivity index (χ2n) is 9.18. The third-order valence-corrected chi connectivity index (χ3v) is 7.53. The molecule has 3 aromatic rings. The number of likely N-dealkylation sites (tertiary alicyclic amines) is 1. The van der Waals surface area contributed by atoms with Crippen molar-refractivity contribution >= 4 is 34.5 Å². The molecule has 0 aromatic heterocycles. The van der Waals surface area contributed by atoms with Crippen molar-refractivity contribution in [1.82, 2.24) is 15.1 Å². The molecule has 5 rings (SSSR count). The molecule has 6 nitrogen and oxygen atoms in total. The summed E-state index contributed by atoms with van der Waals surface area (Å²) >= 11 is 1.74. The summed E-state index contributed by atoms with van der Waals surface area (Å²) in [6.07, 6.45) is 3.19. The highest BCUT2D eigenvalue weighted by Crippen LogP contribution is 2.35. The smallest absolute Gasteiger partial charge is 0.407 e. The zero-order valence-electron chi connectivity index (χ0n) is 20.4. The second kappa shape index (κ2) is 11.8. The first-order valence-electron chi connectivity index (χ1n) is 12.2. The van der Waals surface area contributed by atoms with Crippen molar-refractivity contribution in [1.29, 1.82) is 0 Å². The lowest BCUT2D eigenvalue weighted by atomic mass is 9.95. The summed E-state index contributed by atoms with van der Waals surface area (Å²) in [5.74, 6) is 0.878. The van der Waals surface area contributed by atoms with E-state index in [2.05, 4.69) is 35.6 Å². The molecule has 2 saturated heterocycles. The molecule has 0 radical (unpaired) electrons. The van der Waals surface area contributed by atoms with Crippen LogP contribution in [0.15, 0.2) is 72.8 Å². The molecule has 2 aliphatic heterocycles. The van der Waals surface area contributed by atoms with Gasteiger partial charge in [0.05, 0.1) is 11.7 Å². The Bertz CT molecular complexity index is 1180. The number of benzene rings is 3. The van der Waals surface area contributed by atoms with Gasteiger partial charge in [0, 0.05) is 32.5 Å². The zero-order chi connectivity index (χ0) is 25.5. The molecule has 190 valence electrons. The molecule has 2 N–H and O–H groups in total. The molecule has 2 fully saturated rings. The first kappa shape index (κ1) is 26.0. The van der Waals surface area contributed by atoms with E-state index in [1.54, 1.807) is 30.0 Å². The van der Waals surface area contributed by atoms with Gasteiger partial charge in [-0.15, -0.1) is 0 Å². The summed E-state index contributed by atoms with van der Waals surface area (Å²) in [7, 11) is 0. The number of hydrogen-bond acceptors (Lipinski definition) is 4. The van der Waals surface area contributed by atoms with Crippen LogP contribution in [0.5, 0.6) is 0 Å². The Balaban J connectivity index is 0.000000375. The maximum absolute atomic E-state index is 13.3. The van der Waals surface area contributed by atoms with Crippen LogP contribution in [0.4, 0.5) is 9.18 Å². The van der Waals surface area contributed by atoms with E-state index >= 15 is 0 Å². The summed E-state index contributed by atoms with van der Waals surface area (Å²) in [5.41, 5.74) is 0.641. The average Bonchev–Trinajstić information content (AvgIpc) is 3.14. The predicted molar refractivity (Wildman–Crippen MR) is 142 cm³/mol. The topological polar surface area (TPSA) is 72.9 Å². The van der Waals surface area contributed by atoms with E-state index in [4.69, 9.17) is 0 Å². The molecule has 3 aromatic carbocycles. The lowest BCUT2D eigenvalue weighted by Crippen LogP contribution is -2.59. The number of amides is 2. The van der Waals surface area contributed by atoms with E-state index in [0.29, 0.717) is 32.5 Å². The third-order valence-electron chi connectivity index (χ3n) is 6.88. The Hall–Kier alpha value is -3.10. The molecular weight excluding hydrogens is 477 g/mol. The Morgan fingerprint density at radius 1 is 1.06 bits per heavy atom. The van der Waals surface area contributed by atoms with E-state index in [-0.39, 0.29) is 17.8 Å². The molecule has 2 aliphatic rings. The van der Waals surface area contributed by atoms with Crippen LogP contribution in [0.1, 0.15) is 24.8 Å². The lowest BCUT2D eigenvalue weighted by Gasteiger charge is -2.44. The summed E-state index contributed by atoms with van der Waals surface area (Å²) in [6.45, 7) is 1.43. The quantitative estimate of drug-likeness (QED) is 0.495. The van der Waals surface area contributed by atoms with Gasteiger partial charge in [0.15, 0.2) is 0 Å². The summed E-state index contributed by atoms with van der Waals surface area (Å²) in [4.78, 5) is 28.1. The van der Waals surface area contributed by atoms with Gasteiger partial charge in [-0.3, -0.25) is 10.1 Å². The fraction of sp³-hybridized carbons (Fsp3) is 0.357. The Kier molecular flexibility index (Phi) is 8.48. The second-order valence-corrected chi connectivity index (χ2v) is 10.2. The minimum atomic E-state index is -0.885. The van der Waals surface area contributed by atoms with E-state index in [0.717, 1.165) is 17.7 Å². The van der Waals surface area contributed by atoms with E-state index in [1.807, 2.05) is 23.3 Å². The molecule has 1 unspecified atom stereocenters. The van der Waals surface area contributed by atoms with Gasteiger partial charge >= 0.3 is 6.09 Å². The Morgan fingerprint density at radius 2 is 1.72 bits per heavy atom. The number of carbonyl (C=O) groups is 2. The van der Waals surface area contributed by atoms with Crippen LogP contribution in [0, 0.1) is 5.82 Å². The lowest BCUT2D eigenvalue weighted by molar-refractivity contribution is -0.134. The van der Waals surface area contributed by atoms with Gasteiger partial charge in [-0.25, -0.2) is 9.18 Å². The number of piperidine rings is 1. The first-order valence-corrected chi connectivity index (χ1v) is 13.6. The van der Waals surface area contributed by atoms with Crippen LogP contribution in [0.2, 0.25) is 0 Å². The van der Waals surface area contributed by atoms with Crippen LogP contribution in [-0.4, -0.2) is 63.7 Å². The van der Waals surface area contributed by atoms with Crippen molar-refractivity contribution in [3.05, 3.63) is 84.2 Å². The van der Waals surface area contributed by atoms with Gasteiger partial charge in [0.25, 0.3) is 0 Å². The molecule has 2 heterocycles. The molecule has 8 heteroatoms. The number of halogens is 1. The monoisotopic (exact) mass is 509 g/mol. The minimum absolute atomic E-state index is 0.135. The van der Waals surface area contributed by atoms with E-state index in [1.165, 1.54) is 27.8 Å². The molecular formula is C28H32FN3O3S. The molecule has 0 aliphatic carbocycles. The molecule has 0 bridgehead atoms. The van der Waals surface area contributed by atoms with Crippen LogP contribution in [0.25, 0.3) is 10.8 Å².